The fourth-order valence-corrected chi connectivity index (χ4v) is 0.789. The van der Waals surface area contributed by atoms with Gasteiger partial charge in [-0.15, -0.1) is 0 Å². The molecule has 0 heterocycles. The summed E-state index contributed by atoms with van der Waals surface area (Å²) in [5, 5.41) is 0. The second kappa shape index (κ2) is 3.30. The van der Waals surface area contributed by atoms with Crippen molar-refractivity contribution in [1.29, 1.82) is 0 Å². The van der Waals surface area contributed by atoms with Crippen molar-refractivity contribution in [2.24, 2.45) is 0 Å². The van der Waals surface area contributed by atoms with Gasteiger partial charge in [-0.25, -0.2) is 4.39 Å². The van der Waals surface area contributed by atoms with Crippen LogP contribution in [0.1, 0.15) is 0 Å². The van der Waals surface area contributed by atoms with Crippen LogP contribution in [-0.2, 0) is 0 Å². The molecule has 0 spiro atoms. The molecule has 4 heteroatoms. The predicted molar refractivity (Wildman–Crippen MR) is 42.8 cm³/mol. The Kier molecular flexibility index (Phi) is 2.38. The molecule has 0 saturated carbocycles. The van der Waals surface area contributed by atoms with Gasteiger partial charge in [-0.3, -0.25) is 0 Å². The van der Waals surface area contributed by atoms with Crippen LogP contribution in [0.25, 0.3) is 0 Å². The first-order valence-corrected chi connectivity index (χ1v) is 3.28. The number of hydrogen-bond donors (Lipinski definition) is 1. The van der Waals surface area contributed by atoms with Gasteiger partial charge in [0.25, 0.3) is 0 Å². The van der Waals surface area contributed by atoms with Crippen LogP contribution < -0.4 is 15.2 Å². The lowest BCUT2D eigenvalue weighted by atomic mass is 10.2. The van der Waals surface area contributed by atoms with Crippen LogP contribution in [0, 0.1) is 11.9 Å². The second-order valence-corrected chi connectivity index (χ2v) is 2.14. The van der Waals surface area contributed by atoms with Crippen molar-refractivity contribution in [2.45, 2.75) is 0 Å². The highest BCUT2D eigenvalue weighted by Gasteiger charge is 2.09. The van der Waals surface area contributed by atoms with Crippen LogP contribution in [0.2, 0.25) is 0 Å². The van der Waals surface area contributed by atoms with E-state index in [0.717, 1.165) is 0 Å². The Balaban J connectivity index is 3.19. The summed E-state index contributed by atoms with van der Waals surface area (Å²) >= 11 is 0. The molecule has 0 saturated heterocycles. The van der Waals surface area contributed by atoms with E-state index < -0.39 is 5.82 Å². The van der Waals surface area contributed by atoms with E-state index in [1.165, 1.54) is 20.3 Å². The lowest BCUT2D eigenvalue weighted by Crippen LogP contribution is -1.96. The molecule has 12 heavy (non-hydrogen) atoms. The average molecular weight is 170 g/mol. The van der Waals surface area contributed by atoms with Gasteiger partial charge in [0.15, 0.2) is 11.6 Å². The first-order valence-electron chi connectivity index (χ1n) is 3.28. The number of benzene rings is 1. The molecule has 3 nitrogen and oxygen atoms in total. The highest BCUT2D eigenvalue weighted by atomic mass is 19.1. The molecule has 0 aromatic heterocycles. The van der Waals surface area contributed by atoms with Gasteiger partial charge in [-0.1, -0.05) is 0 Å². The maximum absolute atomic E-state index is 13.0. The summed E-state index contributed by atoms with van der Waals surface area (Å²) in [7, 11) is 2.79. The van der Waals surface area contributed by atoms with Crippen molar-refractivity contribution in [2.75, 3.05) is 20.0 Å². The summed E-state index contributed by atoms with van der Waals surface area (Å²) in [5.74, 6) is -0.295. The van der Waals surface area contributed by atoms with E-state index in [9.17, 15) is 4.39 Å². The van der Waals surface area contributed by atoms with Crippen LogP contribution in [0.5, 0.6) is 11.5 Å². The van der Waals surface area contributed by atoms with Crippen molar-refractivity contribution < 1.29 is 13.9 Å². The van der Waals surface area contributed by atoms with Crippen molar-refractivity contribution in [3.63, 3.8) is 0 Å². The Hall–Kier alpha value is -1.45. The van der Waals surface area contributed by atoms with Crippen LogP contribution in [0.4, 0.5) is 10.1 Å². The molecular formula is C8H9FNO2. The van der Waals surface area contributed by atoms with Gasteiger partial charge in [0.1, 0.15) is 5.75 Å². The zero-order valence-corrected chi connectivity index (χ0v) is 6.85. The minimum atomic E-state index is -0.613. The first-order chi connectivity index (χ1) is 5.69. The van der Waals surface area contributed by atoms with Gasteiger partial charge >= 0.3 is 0 Å². The van der Waals surface area contributed by atoms with Gasteiger partial charge in [0, 0.05) is 6.07 Å². The quantitative estimate of drug-likeness (QED) is 0.679. The van der Waals surface area contributed by atoms with Crippen LogP contribution in [0.15, 0.2) is 6.07 Å². The highest BCUT2D eigenvalue weighted by Crippen LogP contribution is 2.27. The lowest BCUT2D eigenvalue weighted by Gasteiger charge is -2.06. The Labute approximate surface area is 69.9 Å². The van der Waals surface area contributed by atoms with Crippen LogP contribution in [-0.4, -0.2) is 14.2 Å². The lowest BCUT2D eigenvalue weighted by molar-refractivity contribution is 0.373. The number of methoxy groups -OCH3 is 2. The molecule has 2 N–H and O–H groups in total. The summed E-state index contributed by atoms with van der Waals surface area (Å²) in [6, 6.07) is 3.90. The molecule has 1 aromatic carbocycles. The summed E-state index contributed by atoms with van der Waals surface area (Å²) in [6.07, 6.45) is 0. The fourth-order valence-electron chi connectivity index (χ4n) is 0.789. The number of nitrogen functional groups attached to an aromatic ring is 1. The van der Waals surface area contributed by atoms with E-state index >= 15 is 0 Å². The molecule has 1 radical (unpaired) electrons. The maximum atomic E-state index is 13.0. The van der Waals surface area contributed by atoms with E-state index in [1.807, 2.05) is 0 Å². The molecule has 0 amide bonds. The minimum absolute atomic E-state index is 0.0116. The average Bonchev–Trinajstić information content (AvgIpc) is 2.09. The number of hydrogen-bond acceptors (Lipinski definition) is 3. The molecule has 65 valence electrons. The summed E-state index contributed by atoms with van der Waals surface area (Å²) in [6.45, 7) is 0. The summed E-state index contributed by atoms with van der Waals surface area (Å²) < 4.78 is 22.5. The number of rotatable bonds is 2. The van der Waals surface area contributed by atoms with E-state index in [0.29, 0.717) is 5.75 Å². The molecule has 0 aliphatic heterocycles. The summed E-state index contributed by atoms with van der Waals surface area (Å²) in [5.41, 5.74) is 5.31. The van der Waals surface area contributed by atoms with E-state index in [1.54, 1.807) is 0 Å². The van der Waals surface area contributed by atoms with Crippen molar-refractivity contribution >= 4 is 5.69 Å². The smallest absolute Gasteiger partial charge is 0.188 e. The molecule has 0 aliphatic rings. The standard InChI is InChI=1S/C8H9FNO2/c1-11-5-3-6(10)8(9)7(4-5)12-2/h3H,10H2,1-2H3. The Morgan fingerprint density at radius 2 is 2.08 bits per heavy atom. The Morgan fingerprint density at radius 3 is 2.58 bits per heavy atom. The molecule has 0 bridgehead atoms. The largest absolute Gasteiger partial charge is 0.496 e. The molecule has 0 unspecified atom stereocenters. The van der Waals surface area contributed by atoms with Gasteiger partial charge in [-0.2, -0.15) is 0 Å². The maximum Gasteiger partial charge on any atom is 0.188 e. The van der Waals surface area contributed by atoms with Crippen molar-refractivity contribution in [3.05, 3.63) is 17.9 Å². The third-order valence-electron chi connectivity index (χ3n) is 1.40. The predicted octanol–water partition coefficient (Wildman–Crippen LogP) is 1.23. The third kappa shape index (κ3) is 1.42. The SMILES string of the molecule is COc1[c]c(OC)c(F)c(N)c1. The zero-order valence-electron chi connectivity index (χ0n) is 6.85. The third-order valence-corrected chi connectivity index (χ3v) is 1.40. The van der Waals surface area contributed by atoms with Crippen LogP contribution in [0.3, 0.4) is 0 Å². The topological polar surface area (TPSA) is 44.5 Å². The monoisotopic (exact) mass is 170 g/mol. The minimum Gasteiger partial charge on any atom is -0.496 e. The first kappa shape index (κ1) is 8.64. The number of anilines is 1. The molecular weight excluding hydrogens is 161 g/mol. The molecule has 0 atom stereocenters. The van der Waals surface area contributed by atoms with Crippen molar-refractivity contribution in [1.82, 2.24) is 0 Å². The van der Waals surface area contributed by atoms with Gasteiger partial charge in [-0.05, 0) is 0 Å². The number of nitrogens with two attached hydrogens (primary N) is 1. The molecule has 1 aromatic rings. The Bertz CT molecular complexity index is 289. The number of halogens is 1. The fraction of sp³-hybridized carbons (Fsp3) is 0.250. The van der Waals surface area contributed by atoms with Gasteiger partial charge < -0.3 is 15.2 Å². The van der Waals surface area contributed by atoms with E-state index in [4.69, 9.17) is 10.5 Å². The van der Waals surface area contributed by atoms with E-state index in [2.05, 4.69) is 10.8 Å². The van der Waals surface area contributed by atoms with Gasteiger partial charge in [0.2, 0.25) is 0 Å². The normalized spacial score (nSPS) is 9.58. The van der Waals surface area contributed by atoms with Gasteiger partial charge in [0.05, 0.1) is 26.0 Å². The Morgan fingerprint density at radius 1 is 1.42 bits per heavy atom. The molecule has 0 aliphatic carbocycles. The second-order valence-electron chi connectivity index (χ2n) is 2.14. The van der Waals surface area contributed by atoms with Crippen LogP contribution >= 0.6 is 0 Å². The molecule has 0 fully saturated rings. The zero-order chi connectivity index (χ0) is 9.14. The van der Waals surface area contributed by atoms with E-state index in [-0.39, 0.29) is 11.4 Å². The van der Waals surface area contributed by atoms with Crippen molar-refractivity contribution in [3.8, 4) is 11.5 Å². The highest BCUT2D eigenvalue weighted by molar-refractivity contribution is 5.51. The number of ether oxygens (including phenoxy) is 2. The summed E-state index contributed by atoms with van der Waals surface area (Å²) in [4.78, 5) is 0. The molecule has 1 rings (SSSR count).